The van der Waals surface area contributed by atoms with Crippen LogP contribution in [0.5, 0.6) is 0 Å². The zero-order valence-electron chi connectivity index (χ0n) is 38.4. The highest BCUT2D eigenvalue weighted by atomic mass is 16.3. The lowest BCUT2D eigenvalue weighted by molar-refractivity contribution is 0.660. The number of para-hydroxylation sites is 1. The average Bonchev–Trinajstić information content (AvgIpc) is 3.87. The molecule has 0 saturated carbocycles. The van der Waals surface area contributed by atoms with Gasteiger partial charge in [0.25, 0.3) is 0 Å². The maximum atomic E-state index is 7.34. The molecule has 1 heterocycles. The average molecular weight is 857 g/mol. The van der Waals surface area contributed by atoms with Crippen molar-refractivity contribution in [2.24, 2.45) is 0 Å². The molecule has 0 spiro atoms. The van der Waals surface area contributed by atoms with E-state index in [4.69, 9.17) is 106 Å². The lowest BCUT2D eigenvalue weighted by Crippen LogP contribution is -2.57. The van der Waals surface area contributed by atoms with E-state index in [1.165, 1.54) is 5.56 Å². The Labute approximate surface area is 425 Å². The second-order valence-electron chi connectivity index (χ2n) is 18.4. The molecule has 0 unspecified atom stereocenters. The van der Waals surface area contributed by atoms with Gasteiger partial charge in [0.15, 0.2) is 0 Å². The van der Waals surface area contributed by atoms with Crippen LogP contribution >= 0.6 is 0 Å². The van der Waals surface area contributed by atoms with E-state index in [2.05, 4.69) is 92.7 Å². The lowest BCUT2D eigenvalue weighted by Gasteiger charge is -2.36. The van der Waals surface area contributed by atoms with Crippen molar-refractivity contribution in [3.63, 3.8) is 0 Å². The van der Waals surface area contributed by atoms with E-state index in [0.717, 1.165) is 71.9 Å². The minimum Gasteiger partial charge on any atom is -0.455 e. The molecular formula is C55H26B13NO. The molecule has 0 aliphatic heterocycles. The third kappa shape index (κ3) is 6.52. The third-order valence-electron chi connectivity index (χ3n) is 14.4. The second-order valence-corrected chi connectivity index (χ2v) is 18.4. The van der Waals surface area contributed by atoms with Gasteiger partial charge in [-0.05, 0) is 85.8 Å². The van der Waals surface area contributed by atoms with Crippen molar-refractivity contribution in [2.45, 2.75) is 19.3 Å². The molecule has 15 heteroatoms. The first-order valence-corrected chi connectivity index (χ1v) is 22.5. The van der Waals surface area contributed by atoms with Crippen molar-refractivity contribution in [1.82, 2.24) is 0 Å². The van der Waals surface area contributed by atoms with E-state index in [-0.39, 0.29) is 98.7 Å². The van der Waals surface area contributed by atoms with Gasteiger partial charge in [-0.15, -0.1) is 16.4 Å². The van der Waals surface area contributed by atoms with Crippen LogP contribution in [0, 0.1) is 0 Å². The van der Waals surface area contributed by atoms with Crippen LogP contribution in [0.4, 0.5) is 17.1 Å². The van der Waals surface area contributed by atoms with Gasteiger partial charge in [-0.1, -0.05) is 159 Å². The molecule has 9 aromatic carbocycles. The summed E-state index contributed by atoms with van der Waals surface area (Å²) in [7, 11) is 88.1. The van der Waals surface area contributed by atoms with E-state index in [1.54, 1.807) is 0 Å². The van der Waals surface area contributed by atoms with Gasteiger partial charge in [0.2, 0.25) is 0 Å². The number of benzene rings is 9. The van der Waals surface area contributed by atoms with Gasteiger partial charge >= 0.3 is 0 Å². The summed E-state index contributed by atoms with van der Waals surface area (Å²) in [6.45, 7) is 4.44. The molecule has 10 aromatic rings. The van der Waals surface area contributed by atoms with E-state index in [1.807, 2.05) is 47.4 Å². The van der Waals surface area contributed by atoms with Gasteiger partial charge in [0, 0.05) is 38.5 Å². The summed E-state index contributed by atoms with van der Waals surface area (Å²) in [5.41, 5.74) is 9.59. The zero-order valence-corrected chi connectivity index (χ0v) is 38.4. The number of hydrogen-bond acceptors (Lipinski definition) is 2. The predicted molar refractivity (Wildman–Crippen MR) is 310 cm³/mol. The molecule has 70 heavy (non-hydrogen) atoms. The maximum absolute atomic E-state index is 7.34. The highest BCUT2D eigenvalue weighted by Gasteiger charge is 2.36. The normalized spacial score (nSPS) is 12.7. The van der Waals surface area contributed by atoms with Gasteiger partial charge in [0.1, 0.15) is 113 Å². The molecule has 296 valence electrons. The van der Waals surface area contributed by atoms with Crippen LogP contribution in [-0.2, 0) is 5.41 Å². The summed E-state index contributed by atoms with van der Waals surface area (Å²) in [6.07, 6.45) is 0. The van der Waals surface area contributed by atoms with Gasteiger partial charge in [-0.2, -0.15) is 0 Å². The Kier molecular flexibility index (Phi) is 11.0. The molecule has 0 bridgehead atoms. The fourth-order valence-electron chi connectivity index (χ4n) is 10.7. The number of anilines is 3. The molecule has 0 amide bonds. The van der Waals surface area contributed by atoms with Crippen LogP contribution in [0.15, 0.2) is 126 Å². The van der Waals surface area contributed by atoms with E-state index >= 15 is 0 Å². The van der Waals surface area contributed by atoms with Crippen molar-refractivity contribution in [1.29, 1.82) is 0 Å². The van der Waals surface area contributed by atoms with E-state index in [9.17, 15) is 0 Å². The van der Waals surface area contributed by atoms with Crippen molar-refractivity contribution in [3.05, 3.63) is 132 Å². The first-order chi connectivity index (χ1) is 33.4. The first kappa shape index (κ1) is 46.1. The van der Waals surface area contributed by atoms with Crippen molar-refractivity contribution in [3.8, 4) is 44.5 Å². The van der Waals surface area contributed by atoms with Gasteiger partial charge < -0.3 is 9.32 Å². The SMILES string of the molecule is [B]c1c([B])c([B])c(-c2c([B])c([B])c(-c3c([B])c([B])c(N(c4ccc5c(c4)C(C)(C)c4ccccc4-5)c4ccccc4-c4cccc5oc6c7ccccc7ccc6c45)c([B])c3[B])c([B])c2[B])c([B])c1[B]. The molecule has 1 aromatic heterocycles. The zero-order chi connectivity index (χ0) is 49.4. The Morgan fingerprint density at radius 1 is 0.386 bits per heavy atom. The van der Waals surface area contributed by atoms with Crippen LogP contribution in [-0.4, -0.2) is 102 Å². The molecule has 1 aliphatic rings. The highest BCUT2D eigenvalue weighted by Crippen LogP contribution is 2.51. The summed E-state index contributed by atoms with van der Waals surface area (Å²) >= 11 is 0. The minimum absolute atomic E-state index is 0.00571. The summed E-state index contributed by atoms with van der Waals surface area (Å²) in [4.78, 5) is 2.01. The van der Waals surface area contributed by atoms with Crippen LogP contribution in [0.1, 0.15) is 25.0 Å². The quantitative estimate of drug-likeness (QED) is 0.217. The largest absolute Gasteiger partial charge is 0.455 e. The number of fused-ring (bicyclic) bond motifs is 8. The summed E-state index contributed by atoms with van der Waals surface area (Å²) in [5, 5.41) is 3.99. The number of nitrogens with zero attached hydrogens (tertiary/aromatic N) is 1. The fraction of sp³-hybridized carbons (Fsp3) is 0.0545. The topological polar surface area (TPSA) is 16.4 Å². The fourth-order valence-corrected chi connectivity index (χ4v) is 10.7. The molecule has 0 fully saturated rings. The molecule has 26 radical (unpaired) electrons. The molecule has 0 N–H and O–H groups in total. The van der Waals surface area contributed by atoms with Crippen molar-refractivity contribution >= 4 is 223 Å². The Bertz CT molecular complexity index is 3850. The van der Waals surface area contributed by atoms with Crippen LogP contribution in [0.25, 0.3) is 77.2 Å². The molecule has 2 nitrogen and oxygen atoms in total. The van der Waals surface area contributed by atoms with Crippen molar-refractivity contribution in [2.75, 3.05) is 4.90 Å². The Hall–Kier alpha value is -6.32. The number of rotatable bonds is 6. The summed E-state index contributed by atoms with van der Waals surface area (Å²) in [6, 6.07) is 41.3. The Balaban J connectivity index is 1.17. The van der Waals surface area contributed by atoms with Crippen LogP contribution in [0.2, 0.25) is 0 Å². The number of furan rings is 1. The lowest BCUT2D eigenvalue weighted by atomic mass is 9.55. The molecule has 0 atom stereocenters. The molecule has 11 rings (SSSR count). The Morgan fingerprint density at radius 3 is 1.50 bits per heavy atom. The molecular weight excluding hydrogens is 831 g/mol. The highest BCUT2D eigenvalue weighted by molar-refractivity contribution is 6.72. The van der Waals surface area contributed by atoms with Crippen LogP contribution in [0.3, 0.4) is 0 Å². The third-order valence-corrected chi connectivity index (χ3v) is 14.4. The van der Waals surface area contributed by atoms with Gasteiger partial charge in [0.05, 0.1) is 5.69 Å². The van der Waals surface area contributed by atoms with Gasteiger partial charge in [-0.25, -0.2) is 0 Å². The molecule has 1 aliphatic carbocycles. The van der Waals surface area contributed by atoms with Crippen LogP contribution < -0.4 is 75.9 Å². The summed E-state index contributed by atoms with van der Waals surface area (Å²) < 4.78 is 6.67. The smallest absolute Gasteiger partial charge is 0.143 e. The van der Waals surface area contributed by atoms with E-state index < -0.39 is 0 Å². The second kappa shape index (κ2) is 16.7. The van der Waals surface area contributed by atoms with Gasteiger partial charge in [-0.3, -0.25) is 0 Å². The first-order valence-electron chi connectivity index (χ1n) is 22.5. The number of hydrogen-bond donors (Lipinski definition) is 0. The summed E-state index contributed by atoms with van der Waals surface area (Å²) in [5.74, 6) is 0. The monoisotopic (exact) mass is 859 g/mol. The maximum Gasteiger partial charge on any atom is 0.143 e. The standard InChI is InChI=1S/C55H26B13NO/c1-55(2)31-15-7-5-12-26(31)27-21-19-24(22-32(27)55)69(33-16-8-6-13-28(33)29-14-9-17-34-35(29)30-20-18-23-10-3-4-11-25(23)54(30)70-34)53-51(67)46(62)39(47(63)52(53)68)37-42(58)40(56)36(41(57)43(37)59)38-44(60)48(64)50(66)49(65)45(38)61/h3-22H,1-2H3. The minimum atomic E-state index is -0.365. The predicted octanol–water partition coefficient (Wildman–Crippen LogP) is -0.164. The van der Waals surface area contributed by atoms with E-state index in [0.29, 0.717) is 5.69 Å². The van der Waals surface area contributed by atoms with Crippen molar-refractivity contribution < 1.29 is 4.42 Å². The molecule has 0 saturated heterocycles. The Morgan fingerprint density at radius 2 is 0.871 bits per heavy atom.